The van der Waals surface area contributed by atoms with E-state index < -0.39 is 37.7 Å². The molecule has 1 aromatic carbocycles. The summed E-state index contributed by atoms with van der Waals surface area (Å²) < 4.78 is 36.6. The maximum atomic E-state index is 13.9. The molecule has 1 aliphatic carbocycles. The fourth-order valence-electron chi connectivity index (χ4n) is 2.19. The van der Waals surface area contributed by atoms with Crippen LogP contribution in [0.4, 0.5) is 4.39 Å². The number of carbonyl (C=O) groups is 1. The lowest BCUT2D eigenvalue weighted by atomic mass is 9.98. The molecule has 8 heteroatoms. The highest BCUT2D eigenvalue weighted by Gasteiger charge is 2.39. The predicted molar refractivity (Wildman–Crippen MR) is 77.1 cm³/mol. The fraction of sp³-hybridized carbons (Fsp3) is 0.462. The zero-order valence-electron chi connectivity index (χ0n) is 11.6. The summed E-state index contributed by atoms with van der Waals surface area (Å²) in [6, 6.07) is 1.64. The van der Waals surface area contributed by atoms with Crippen LogP contribution in [0.25, 0.3) is 0 Å². The molecule has 0 bridgehead atoms. The van der Waals surface area contributed by atoms with Crippen LogP contribution in [-0.4, -0.2) is 19.9 Å². The van der Waals surface area contributed by atoms with Crippen molar-refractivity contribution in [2.45, 2.75) is 37.1 Å². The van der Waals surface area contributed by atoms with E-state index in [2.05, 4.69) is 5.32 Å². The molecule has 0 radical (unpaired) electrons. The average Bonchev–Trinajstić information content (AvgIpc) is 3.09. The number of nitrogens with two attached hydrogens (primary N) is 1. The second kappa shape index (κ2) is 5.23. The Hall–Kier alpha value is -1.18. The van der Waals surface area contributed by atoms with E-state index >= 15 is 0 Å². The molecule has 0 spiro atoms. The van der Waals surface area contributed by atoms with Crippen molar-refractivity contribution in [3.05, 3.63) is 28.5 Å². The van der Waals surface area contributed by atoms with Crippen LogP contribution >= 0.6 is 11.6 Å². The van der Waals surface area contributed by atoms with Gasteiger partial charge in [-0.2, -0.15) is 0 Å². The third kappa shape index (κ3) is 3.53. The van der Waals surface area contributed by atoms with Gasteiger partial charge in [0.15, 0.2) is 0 Å². The van der Waals surface area contributed by atoms with Gasteiger partial charge in [0.2, 0.25) is 10.0 Å². The first-order valence-corrected chi connectivity index (χ1v) is 8.29. The van der Waals surface area contributed by atoms with Crippen molar-refractivity contribution in [3.8, 4) is 0 Å². The Labute approximate surface area is 127 Å². The van der Waals surface area contributed by atoms with Crippen molar-refractivity contribution in [1.82, 2.24) is 5.32 Å². The van der Waals surface area contributed by atoms with Crippen molar-refractivity contribution in [3.63, 3.8) is 0 Å². The maximum Gasteiger partial charge on any atom is 0.254 e. The topological polar surface area (TPSA) is 89.3 Å². The molecule has 1 fully saturated rings. The van der Waals surface area contributed by atoms with Gasteiger partial charge < -0.3 is 5.32 Å². The molecule has 1 aromatic rings. The van der Waals surface area contributed by atoms with Gasteiger partial charge in [-0.05, 0) is 44.7 Å². The van der Waals surface area contributed by atoms with Gasteiger partial charge in [0.25, 0.3) is 5.91 Å². The van der Waals surface area contributed by atoms with Gasteiger partial charge in [0, 0.05) is 5.54 Å². The Morgan fingerprint density at radius 3 is 2.48 bits per heavy atom. The number of halogens is 2. The van der Waals surface area contributed by atoms with Crippen molar-refractivity contribution < 1.29 is 17.6 Å². The minimum atomic E-state index is -4.13. The molecule has 21 heavy (non-hydrogen) atoms. The first-order valence-electron chi connectivity index (χ1n) is 6.37. The van der Waals surface area contributed by atoms with Crippen LogP contribution in [0.2, 0.25) is 5.02 Å². The summed E-state index contributed by atoms with van der Waals surface area (Å²) >= 11 is 5.65. The number of amides is 1. The van der Waals surface area contributed by atoms with E-state index in [0.29, 0.717) is 5.92 Å². The largest absolute Gasteiger partial charge is 0.347 e. The van der Waals surface area contributed by atoms with Gasteiger partial charge in [0.05, 0.1) is 10.6 Å². The molecule has 5 nitrogen and oxygen atoms in total. The van der Waals surface area contributed by atoms with Gasteiger partial charge in [0.1, 0.15) is 10.7 Å². The van der Waals surface area contributed by atoms with E-state index in [1.165, 1.54) is 0 Å². The molecule has 116 valence electrons. The zero-order valence-corrected chi connectivity index (χ0v) is 13.2. The lowest BCUT2D eigenvalue weighted by molar-refractivity contribution is 0.0899. The van der Waals surface area contributed by atoms with E-state index in [1.807, 2.05) is 13.8 Å². The summed E-state index contributed by atoms with van der Waals surface area (Å²) in [5.74, 6) is -1.24. The maximum absolute atomic E-state index is 13.9. The summed E-state index contributed by atoms with van der Waals surface area (Å²) in [5, 5.41) is 7.36. The third-order valence-corrected chi connectivity index (χ3v) is 4.98. The molecular formula is C13H16ClFN2O3S. The first-order chi connectivity index (χ1) is 9.52. The van der Waals surface area contributed by atoms with Crippen molar-refractivity contribution >= 4 is 27.5 Å². The number of primary sulfonamides is 1. The third-order valence-electron chi connectivity index (χ3n) is 3.61. The van der Waals surface area contributed by atoms with Crippen LogP contribution in [0.5, 0.6) is 0 Å². The van der Waals surface area contributed by atoms with E-state index in [0.717, 1.165) is 25.0 Å². The molecule has 0 saturated heterocycles. The lowest BCUT2D eigenvalue weighted by Gasteiger charge is -2.26. The highest BCUT2D eigenvalue weighted by Crippen LogP contribution is 2.39. The quantitative estimate of drug-likeness (QED) is 0.883. The Balaban J connectivity index is 2.37. The number of rotatable bonds is 4. The first kappa shape index (κ1) is 16.2. The van der Waals surface area contributed by atoms with Gasteiger partial charge in [-0.3, -0.25) is 4.79 Å². The molecule has 1 saturated carbocycles. The van der Waals surface area contributed by atoms with Crippen LogP contribution in [0, 0.1) is 11.7 Å². The molecule has 0 unspecified atom stereocenters. The Morgan fingerprint density at radius 1 is 1.43 bits per heavy atom. The molecule has 0 aromatic heterocycles. The molecular weight excluding hydrogens is 319 g/mol. The monoisotopic (exact) mass is 334 g/mol. The molecule has 3 N–H and O–H groups in total. The van der Waals surface area contributed by atoms with Crippen LogP contribution in [-0.2, 0) is 10.0 Å². The minimum Gasteiger partial charge on any atom is -0.347 e. The number of sulfonamides is 1. The predicted octanol–water partition coefficient (Wildman–Crippen LogP) is 2.04. The fourth-order valence-corrected chi connectivity index (χ4v) is 3.27. The summed E-state index contributed by atoms with van der Waals surface area (Å²) in [6.45, 7) is 3.69. The van der Waals surface area contributed by atoms with Gasteiger partial charge in [-0.1, -0.05) is 11.6 Å². The molecule has 1 amide bonds. The zero-order chi connectivity index (χ0) is 16.0. The van der Waals surface area contributed by atoms with E-state index in [-0.39, 0.29) is 5.02 Å². The number of hydrogen-bond acceptors (Lipinski definition) is 3. The number of hydrogen-bond donors (Lipinski definition) is 2. The Morgan fingerprint density at radius 2 is 2.00 bits per heavy atom. The van der Waals surface area contributed by atoms with Crippen molar-refractivity contribution in [2.75, 3.05) is 0 Å². The molecule has 0 heterocycles. The average molecular weight is 335 g/mol. The summed E-state index contributed by atoms with van der Waals surface area (Å²) in [4.78, 5) is 11.7. The highest BCUT2D eigenvalue weighted by molar-refractivity contribution is 7.89. The van der Waals surface area contributed by atoms with Gasteiger partial charge >= 0.3 is 0 Å². The summed E-state index contributed by atoms with van der Waals surface area (Å²) in [6.07, 6.45) is 2.00. The Kier molecular flexibility index (Phi) is 4.03. The van der Waals surface area contributed by atoms with Crippen LogP contribution in [0.15, 0.2) is 17.0 Å². The minimum absolute atomic E-state index is 0.342. The summed E-state index contributed by atoms with van der Waals surface area (Å²) in [5.41, 5.74) is -0.873. The van der Waals surface area contributed by atoms with E-state index in [9.17, 15) is 17.6 Å². The van der Waals surface area contributed by atoms with Crippen LogP contribution in [0.1, 0.15) is 37.0 Å². The number of benzene rings is 1. The number of carbonyl (C=O) groups excluding carboxylic acids is 1. The van der Waals surface area contributed by atoms with E-state index in [4.69, 9.17) is 16.7 Å². The van der Waals surface area contributed by atoms with Gasteiger partial charge in [-0.15, -0.1) is 0 Å². The highest BCUT2D eigenvalue weighted by atomic mass is 35.5. The van der Waals surface area contributed by atoms with E-state index in [1.54, 1.807) is 0 Å². The lowest BCUT2D eigenvalue weighted by Crippen LogP contribution is -2.45. The molecule has 0 aliphatic heterocycles. The van der Waals surface area contributed by atoms with Crippen LogP contribution < -0.4 is 10.5 Å². The molecule has 0 atom stereocenters. The van der Waals surface area contributed by atoms with Crippen LogP contribution in [0.3, 0.4) is 0 Å². The second-order valence-corrected chi connectivity index (χ2v) is 7.69. The SMILES string of the molecule is CC(C)(NC(=O)c1cc(S(N)(=O)=O)c(Cl)cc1F)C1CC1. The molecule has 1 aliphatic rings. The van der Waals surface area contributed by atoms with Crippen molar-refractivity contribution in [1.29, 1.82) is 0 Å². The normalized spacial score (nSPS) is 15.9. The van der Waals surface area contributed by atoms with Crippen molar-refractivity contribution in [2.24, 2.45) is 11.1 Å². The Bertz CT molecular complexity index is 700. The standard InChI is InChI=1S/C13H16ClFN2O3S/c1-13(2,7-3-4-7)17-12(18)8-5-11(21(16,19)20)9(14)6-10(8)15/h5-7H,3-4H2,1-2H3,(H,17,18)(H2,16,19,20). The molecule has 2 rings (SSSR count). The number of nitrogens with one attached hydrogen (secondary N) is 1. The smallest absolute Gasteiger partial charge is 0.254 e. The summed E-state index contributed by atoms with van der Waals surface area (Å²) in [7, 11) is -4.13. The second-order valence-electron chi connectivity index (χ2n) is 5.76. The van der Waals surface area contributed by atoms with Gasteiger partial charge in [-0.25, -0.2) is 17.9 Å².